The highest BCUT2D eigenvalue weighted by Gasteiger charge is 2.13. The molecule has 4 aromatic carbocycles. The number of aromatic nitrogens is 1. The number of benzene rings is 4. The van der Waals surface area contributed by atoms with Crippen molar-refractivity contribution in [3.05, 3.63) is 99.9 Å². The monoisotopic (exact) mass is 475 g/mol. The van der Waals surface area contributed by atoms with Gasteiger partial charge in [0.2, 0.25) is 0 Å². The highest BCUT2D eigenvalue weighted by Crippen LogP contribution is 2.35. The van der Waals surface area contributed by atoms with Gasteiger partial charge in [0.15, 0.2) is 0 Å². The zero-order valence-electron chi connectivity index (χ0n) is 14.4. The van der Waals surface area contributed by atoms with Crippen molar-refractivity contribution in [1.29, 1.82) is 0 Å². The molecule has 0 aliphatic heterocycles. The molecule has 5 rings (SSSR count). The van der Waals surface area contributed by atoms with E-state index in [0.29, 0.717) is 0 Å². The molecule has 5 aromatic rings. The Labute approximate surface area is 174 Å². The molecule has 0 aliphatic carbocycles. The predicted octanol–water partition coefficient (Wildman–Crippen LogP) is 7.98. The van der Waals surface area contributed by atoms with Gasteiger partial charge in [0, 0.05) is 25.4 Å². The lowest BCUT2D eigenvalue weighted by atomic mass is 10.1. The van der Waals surface area contributed by atoms with Crippen molar-refractivity contribution in [2.75, 3.05) is 0 Å². The van der Waals surface area contributed by atoms with Crippen LogP contribution in [0.1, 0.15) is 0 Å². The molecule has 0 saturated heterocycles. The molecule has 0 amide bonds. The van der Waals surface area contributed by atoms with Crippen molar-refractivity contribution >= 4 is 53.7 Å². The van der Waals surface area contributed by atoms with E-state index in [1.165, 1.54) is 32.9 Å². The van der Waals surface area contributed by atoms with Crippen LogP contribution in [-0.4, -0.2) is 4.57 Å². The minimum atomic E-state index is 1.08. The highest BCUT2D eigenvalue weighted by molar-refractivity contribution is 9.10. The van der Waals surface area contributed by atoms with Crippen LogP contribution in [0.4, 0.5) is 0 Å². The minimum absolute atomic E-state index is 1.08. The summed E-state index contributed by atoms with van der Waals surface area (Å²) >= 11 is 7.26. The molecule has 0 radical (unpaired) electrons. The quantitative estimate of drug-likeness (QED) is 0.243. The SMILES string of the molecule is Brc1ccc2c3ccc(Br)cc3n(-c3ccc(-c4ccccc4)cc3)c2c1. The Bertz CT molecular complexity index is 1210. The summed E-state index contributed by atoms with van der Waals surface area (Å²) in [5.41, 5.74) is 6.01. The van der Waals surface area contributed by atoms with Gasteiger partial charge in [0.25, 0.3) is 0 Å². The van der Waals surface area contributed by atoms with Gasteiger partial charge in [-0.2, -0.15) is 0 Å². The summed E-state index contributed by atoms with van der Waals surface area (Å²) < 4.78 is 4.49. The molecule has 1 nitrogen and oxygen atoms in total. The van der Waals surface area contributed by atoms with Crippen LogP contribution in [0.15, 0.2) is 99.9 Å². The Kier molecular flexibility index (Phi) is 4.14. The van der Waals surface area contributed by atoms with Crippen molar-refractivity contribution in [1.82, 2.24) is 4.57 Å². The summed E-state index contributed by atoms with van der Waals surface area (Å²) in [6, 6.07) is 32.2. The van der Waals surface area contributed by atoms with Gasteiger partial charge in [0.05, 0.1) is 11.0 Å². The van der Waals surface area contributed by atoms with E-state index in [9.17, 15) is 0 Å². The van der Waals surface area contributed by atoms with E-state index >= 15 is 0 Å². The molecule has 0 aliphatic rings. The van der Waals surface area contributed by atoms with E-state index in [4.69, 9.17) is 0 Å². The Morgan fingerprint density at radius 1 is 0.519 bits per heavy atom. The number of hydrogen-bond acceptors (Lipinski definition) is 0. The predicted molar refractivity (Wildman–Crippen MR) is 122 cm³/mol. The highest BCUT2D eigenvalue weighted by atomic mass is 79.9. The van der Waals surface area contributed by atoms with E-state index in [0.717, 1.165) is 14.6 Å². The van der Waals surface area contributed by atoms with Crippen molar-refractivity contribution < 1.29 is 0 Å². The lowest BCUT2D eigenvalue weighted by Gasteiger charge is -2.10. The molecule has 1 heterocycles. The molecule has 1 aromatic heterocycles. The Hall–Kier alpha value is -2.36. The third-order valence-electron chi connectivity index (χ3n) is 4.92. The van der Waals surface area contributed by atoms with E-state index in [1.54, 1.807) is 0 Å². The molecule has 130 valence electrons. The fraction of sp³-hybridized carbons (Fsp3) is 0. The first kappa shape index (κ1) is 16.8. The second-order valence-corrected chi connectivity index (χ2v) is 8.40. The van der Waals surface area contributed by atoms with E-state index in [1.807, 2.05) is 6.07 Å². The first-order valence-corrected chi connectivity index (χ1v) is 10.3. The standard InChI is InChI=1S/C24H15Br2N/c25-18-8-12-21-22-13-9-19(26)15-24(22)27(23(21)14-18)20-10-6-17(7-11-20)16-4-2-1-3-5-16/h1-15H. The maximum Gasteiger partial charge on any atom is 0.0552 e. The number of halogens is 2. The molecule has 0 N–H and O–H groups in total. The van der Waals surface area contributed by atoms with Gasteiger partial charge >= 0.3 is 0 Å². The summed E-state index contributed by atoms with van der Waals surface area (Å²) in [6.45, 7) is 0. The van der Waals surface area contributed by atoms with E-state index < -0.39 is 0 Å². The minimum Gasteiger partial charge on any atom is -0.309 e. The number of fused-ring (bicyclic) bond motifs is 3. The molecule has 0 spiro atoms. The summed E-state index contributed by atoms with van der Waals surface area (Å²) in [6.07, 6.45) is 0. The van der Waals surface area contributed by atoms with Crippen LogP contribution >= 0.6 is 31.9 Å². The number of nitrogens with zero attached hydrogens (tertiary/aromatic N) is 1. The summed E-state index contributed by atoms with van der Waals surface area (Å²) in [5, 5.41) is 2.51. The van der Waals surface area contributed by atoms with Crippen molar-refractivity contribution in [3.8, 4) is 16.8 Å². The molecule has 27 heavy (non-hydrogen) atoms. The molecule has 0 unspecified atom stereocenters. The molecule has 0 saturated carbocycles. The first-order valence-electron chi connectivity index (χ1n) is 8.76. The number of hydrogen-bond donors (Lipinski definition) is 0. The molecule has 3 heteroatoms. The topological polar surface area (TPSA) is 4.93 Å². The van der Waals surface area contributed by atoms with Crippen molar-refractivity contribution in [2.45, 2.75) is 0 Å². The van der Waals surface area contributed by atoms with Crippen LogP contribution in [0, 0.1) is 0 Å². The summed E-state index contributed by atoms with van der Waals surface area (Å²) in [5.74, 6) is 0. The van der Waals surface area contributed by atoms with Gasteiger partial charge in [-0.15, -0.1) is 0 Å². The average molecular weight is 477 g/mol. The van der Waals surface area contributed by atoms with Gasteiger partial charge in [-0.25, -0.2) is 0 Å². The van der Waals surface area contributed by atoms with E-state index in [2.05, 4.69) is 121 Å². The van der Waals surface area contributed by atoms with Gasteiger partial charge in [-0.1, -0.05) is 86.5 Å². The Balaban J connectivity index is 1.76. The van der Waals surface area contributed by atoms with Crippen molar-refractivity contribution in [2.24, 2.45) is 0 Å². The van der Waals surface area contributed by atoms with Gasteiger partial charge in [-0.3, -0.25) is 0 Å². The van der Waals surface area contributed by atoms with Gasteiger partial charge in [0.1, 0.15) is 0 Å². The molecule has 0 atom stereocenters. The second kappa shape index (κ2) is 6.66. The fourth-order valence-electron chi connectivity index (χ4n) is 3.68. The second-order valence-electron chi connectivity index (χ2n) is 6.57. The number of rotatable bonds is 2. The Morgan fingerprint density at radius 3 is 1.59 bits per heavy atom. The average Bonchev–Trinajstić information content (AvgIpc) is 3.01. The molecular weight excluding hydrogens is 462 g/mol. The van der Waals surface area contributed by atoms with Crippen LogP contribution in [0.2, 0.25) is 0 Å². The third-order valence-corrected chi connectivity index (χ3v) is 5.91. The van der Waals surface area contributed by atoms with Crippen molar-refractivity contribution in [3.63, 3.8) is 0 Å². The smallest absolute Gasteiger partial charge is 0.0552 e. The van der Waals surface area contributed by atoms with Crippen LogP contribution in [0.5, 0.6) is 0 Å². The van der Waals surface area contributed by atoms with E-state index in [-0.39, 0.29) is 0 Å². The summed E-state index contributed by atoms with van der Waals surface area (Å²) in [7, 11) is 0. The normalized spacial score (nSPS) is 11.3. The van der Waals surface area contributed by atoms with Crippen LogP contribution in [-0.2, 0) is 0 Å². The van der Waals surface area contributed by atoms with Crippen LogP contribution in [0.25, 0.3) is 38.6 Å². The largest absolute Gasteiger partial charge is 0.309 e. The zero-order valence-corrected chi connectivity index (χ0v) is 17.5. The third kappa shape index (κ3) is 2.91. The summed E-state index contributed by atoms with van der Waals surface area (Å²) in [4.78, 5) is 0. The molecular formula is C24H15Br2N. The van der Waals surface area contributed by atoms with Crippen LogP contribution < -0.4 is 0 Å². The molecule has 0 bridgehead atoms. The first-order chi connectivity index (χ1) is 13.2. The van der Waals surface area contributed by atoms with Gasteiger partial charge in [-0.05, 0) is 47.5 Å². The lowest BCUT2D eigenvalue weighted by molar-refractivity contribution is 1.18. The Morgan fingerprint density at radius 2 is 1.04 bits per heavy atom. The fourth-order valence-corrected chi connectivity index (χ4v) is 4.37. The maximum absolute atomic E-state index is 3.63. The maximum atomic E-state index is 3.63. The zero-order chi connectivity index (χ0) is 18.4. The van der Waals surface area contributed by atoms with Crippen LogP contribution in [0.3, 0.4) is 0 Å². The lowest BCUT2D eigenvalue weighted by Crippen LogP contribution is -1.93. The molecule has 0 fully saturated rings. The van der Waals surface area contributed by atoms with Gasteiger partial charge < -0.3 is 4.57 Å².